The second-order valence-corrected chi connectivity index (χ2v) is 6.78. The summed E-state index contributed by atoms with van der Waals surface area (Å²) < 4.78 is 11.4. The summed E-state index contributed by atoms with van der Waals surface area (Å²) in [7, 11) is 0. The van der Waals surface area contributed by atoms with Crippen LogP contribution in [0.2, 0.25) is 0 Å². The van der Waals surface area contributed by atoms with Gasteiger partial charge < -0.3 is 20.1 Å². The second-order valence-electron chi connectivity index (χ2n) is 5.83. The highest BCUT2D eigenvalue weighted by atomic mass is 32.1. The molecule has 3 aromatic rings. The Morgan fingerprint density at radius 2 is 1.52 bits per heavy atom. The van der Waals surface area contributed by atoms with Gasteiger partial charge in [0.2, 0.25) is 0 Å². The fourth-order valence-electron chi connectivity index (χ4n) is 2.59. The van der Waals surface area contributed by atoms with E-state index >= 15 is 0 Å². The van der Waals surface area contributed by atoms with E-state index in [2.05, 4.69) is 15.6 Å². The van der Waals surface area contributed by atoms with E-state index in [0.717, 1.165) is 0 Å². The fourth-order valence-corrected chi connectivity index (χ4v) is 3.21. The molecule has 0 aliphatic heterocycles. The monoisotopic (exact) mass is 411 g/mol. The van der Waals surface area contributed by atoms with Crippen LogP contribution in [-0.4, -0.2) is 30.0 Å². The van der Waals surface area contributed by atoms with Crippen LogP contribution in [0.3, 0.4) is 0 Å². The van der Waals surface area contributed by atoms with Crippen LogP contribution in [0.25, 0.3) is 0 Å². The number of carbonyl (C=O) groups is 2. The van der Waals surface area contributed by atoms with E-state index in [9.17, 15) is 9.59 Å². The van der Waals surface area contributed by atoms with Crippen molar-refractivity contribution in [3.8, 4) is 11.5 Å². The zero-order valence-electron chi connectivity index (χ0n) is 16.1. The third-order valence-corrected chi connectivity index (χ3v) is 4.73. The zero-order valence-corrected chi connectivity index (χ0v) is 16.9. The standard InChI is InChI=1S/C21H21N3O4S/c1-3-27-17-13-16(24-21(26)19-6-5-11-29-19)18(28-4-2)12-15(17)23-20(25)14-7-9-22-10-8-14/h5-13H,3-4H2,1-2H3,(H,23,25)(H,24,26). The normalized spacial score (nSPS) is 10.3. The second kappa shape index (κ2) is 9.70. The number of ether oxygens (including phenoxy) is 2. The molecule has 2 amide bonds. The van der Waals surface area contributed by atoms with Crippen molar-refractivity contribution in [1.82, 2.24) is 4.98 Å². The van der Waals surface area contributed by atoms with Gasteiger partial charge in [-0.1, -0.05) is 6.07 Å². The van der Waals surface area contributed by atoms with Gasteiger partial charge in [0, 0.05) is 30.1 Å². The maximum atomic E-state index is 12.6. The van der Waals surface area contributed by atoms with Crippen LogP contribution in [0, 0.1) is 0 Å². The first-order valence-electron chi connectivity index (χ1n) is 9.12. The first-order chi connectivity index (χ1) is 14.1. The summed E-state index contributed by atoms with van der Waals surface area (Å²) in [5.74, 6) is 0.328. The molecule has 1 aromatic carbocycles. The lowest BCUT2D eigenvalue weighted by Crippen LogP contribution is -2.15. The molecule has 0 aliphatic carbocycles. The van der Waals surface area contributed by atoms with Crippen molar-refractivity contribution in [3.05, 3.63) is 64.6 Å². The number of pyridine rings is 1. The van der Waals surface area contributed by atoms with Crippen LogP contribution in [0.1, 0.15) is 33.9 Å². The lowest BCUT2D eigenvalue weighted by atomic mass is 10.2. The van der Waals surface area contributed by atoms with Crippen LogP contribution in [0.4, 0.5) is 11.4 Å². The summed E-state index contributed by atoms with van der Waals surface area (Å²) >= 11 is 1.35. The van der Waals surface area contributed by atoms with Crippen molar-refractivity contribution >= 4 is 34.5 Å². The Kier molecular flexibility index (Phi) is 6.80. The van der Waals surface area contributed by atoms with Gasteiger partial charge in [-0.2, -0.15) is 0 Å². The van der Waals surface area contributed by atoms with E-state index in [1.807, 2.05) is 25.3 Å². The molecule has 0 fully saturated rings. The van der Waals surface area contributed by atoms with Crippen LogP contribution >= 0.6 is 11.3 Å². The van der Waals surface area contributed by atoms with Gasteiger partial charge in [-0.3, -0.25) is 14.6 Å². The highest BCUT2D eigenvalue weighted by Gasteiger charge is 2.17. The molecule has 0 radical (unpaired) electrons. The van der Waals surface area contributed by atoms with Crippen LogP contribution in [0.5, 0.6) is 11.5 Å². The molecule has 0 atom stereocenters. The minimum Gasteiger partial charge on any atom is -0.492 e. The zero-order chi connectivity index (χ0) is 20.6. The van der Waals surface area contributed by atoms with E-state index in [0.29, 0.717) is 46.5 Å². The highest BCUT2D eigenvalue weighted by molar-refractivity contribution is 7.12. The number of aromatic nitrogens is 1. The minimum absolute atomic E-state index is 0.239. The maximum Gasteiger partial charge on any atom is 0.265 e. The van der Waals surface area contributed by atoms with Gasteiger partial charge in [-0.25, -0.2) is 0 Å². The Labute approximate surface area is 172 Å². The van der Waals surface area contributed by atoms with Crippen molar-refractivity contribution < 1.29 is 19.1 Å². The number of nitrogens with one attached hydrogen (secondary N) is 2. The Balaban J connectivity index is 1.92. The van der Waals surface area contributed by atoms with Crippen LogP contribution in [0.15, 0.2) is 54.2 Å². The Bertz CT molecular complexity index is 975. The summed E-state index contributed by atoms with van der Waals surface area (Å²) in [6.07, 6.45) is 3.10. The van der Waals surface area contributed by atoms with Gasteiger partial charge in [-0.15, -0.1) is 11.3 Å². The molecule has 2 heterocycles. The van der Waals surface area contributed by atoms with Crippen molar-refractivity contribution in [3.63, 3.8) is 0 Å². The van der Waals surface area contributed by atoms with Gasteiger partial charge in [0.05, 0.1) is 29.5 Å². The SMILES string of the molecule is CCOc1cc(NC(=O)c2cccs2)c(OCC)cc1NC(=O)c1ccncc1. The first kappa shape index (κ1) is 20.3. The number of hydrogen-bond donors (Lipinski definition) is 2. The van der Waals surface area contributed by atoms with Crippen LogP contribution in [-0.2, 0) is 0 Å². The summed E-state index contributed by atoms with van der Waals surface area (Å²) in [4.78, 5) is 29.5. The predicted molar refractivity (Wildman–Crippen MR) is 113 cm³/mol. The van der Waals surface area contributed by atoms with Crippen molar-refractivity contribution in [2.24, 2.45) is 0 Å². The molecule has 3 rings (SSSR count). The Hall–Kier alpha value is -3.39. The number of hydrogen-bond acceptors (Lipinski definition) is 6. The lowest BCUT2D eigenvalue weighted by molar-refractivity contribution is 0.101. The largest absolute Gasteiger partial charge is 0.492 e. The molecular weight excluding hydrogens is 390 g/mol. The third kappa shape index (κ3) is 5.11. The Morgan fingerprint density at radius 3 is 2.03 bits per heavy atom. The number of thiophene rings is 1. The minimum atomic E-state index is -0.300. The molecule has 8 heteroatoms. The lowest BCUT2D eigenvalue weighted by Gasteiger charge is -2.17. The van der Waals surface area contributed by atoms with Crippen molar-refractivity contribution in [1.29, 1.82) is 0 Å². The van der Waals surface area contributed by atoms with E-state index in [-0.39, 0.29) is 11.8 Å². The van der Waals surface area contributed by atoms with Gasteiger partial charge >= 0.3 is 0 Å². The Morgan fingerprint density at radius 1 is 0.931 bits per heavy atom. The van der Waals surface area contributed by atoms with E-state index in [1.54, 1.807) is 42.7 Å². The summed E-state index contributed by atoms with van der Waals surface area (Å²) in [5.41, 5.74) is 1.39. The number of benzene rings is 1. The maximum absolute atomic E-state index is 12.6. The van der Waals surface area contributed by atoms with E-state index in [4.69, 9.17) is 9.47 Å². The number of rotatable bonds is 8. The van der Waals surface area contributed by atoms with Gasteiger partial charge in [-0.05, 0) is 37.4 Å². The molecule has 0 saturated heterocycles. The molecule has 2 aromatic heterocycles. The molecule has 0 bridgehead atoms. The number of anilines is 2. The van der Waals surface area contributed by atoms with Gasteiger partial charge in [0.15, 0.2) is 0 Å². The topological polar surface area (TPSA) is 89.5 Å². The molecule has 0 saturated carbocycles. The highest BCUT2D eigenvalue weighted by Crippen LogP contribution is 2.37. The average Bonchev–Trinajstić information content (AvgIpc) is 3.27. The van der Waals surface area contributed by atoms with E-state index < -0.39 is 0 Å². The fraction of sp³-hybridized carbons (Fsp3) is 0.190. The smallest absolute Gasteiger partial charge is 0.265 e. The molecular formula is C21H21N3O4S. The number of carbonyl (C=O) groups excluding carboxylic acids is 2. The number of nitrogens with zero attached hydrogens (tertiary/aromatic N) is 1. The molecule has 7 nitrogen and oxygen atoms in total. The molecule has 150 valence electrons. The summed E-state index contributed by atoms with van der Waals surface area (Å²) in [5, 5.41) is 7.53. The molecule has 0 aliphatic rings. The predicted octanol–water partition coefficient (Wildman–Crippen LogP) is 4.45. The van der Waals surface area contributed by atoms with Crippen LogP contribution < -0.4 is 20.1 Å². The third-order valence-electron chi connectivity index (χ3n) is 3.87. The molecule has 0 unspecified atom stereocenters. The molecule has 2 N–H and O–H groups in total. The summed E-state index contributed by atoms with van der Waals surface area (Å²) in [6, 6.07) is 10.1. The summed E-state index contributed by atoms with van der Waals surface area (Å²) in [6.45, 7) is 4.48. The van der Waals surface area contributed by atoms with E-state index in [1.165, 1.54) is 11.3 Å². The molecule has 0 spiro atoms. The van der Waals surface area contributed by atoms with Gasteiger partial charge in [0.1, 0.15) is 11.5 Å². The van der Waals surface area contributed by atoms with Crippen molar-refractivity contribution in [2.75, 3.05) is 23.8 Å². The number of amides is 2. The average molecular weight is 411 g/mol. The van der Waals surface area contributed by atoms with Gasteiger partial charge in [0.25, 0.3) is 11.8 Å². The quantitative estimate of drug-likeness (QED) is 0.572. The molecule has 29 heavy (non-hydrogen) atoms. The van der Waals surface area contributed by atoms with Crippen molar-refractivity contribution in [2.45, 2.75) is 13.8 Å². The first-order valence-corrected chi connectivity index (χ1v) is 10.00.